The largest absolute Gasteiger partial charge is 0.378 e. The van der Waals surface area contributed by atoms with Crippen molar-refractivity contribution in [3.05, 3.63) is 110 Å². The Balaban J connectivity index is 1.50. The molecule has 1 fully saturated rings. The minimum absolute atomic E-state index is 0.141. The quantitative estimate of drug-likeness (QED) is 0.204. The number of hydrogen-bond acceptors (Lipinski definition) is 7. The smallest absolute Gasteiger partial charge is 0.269 e. The molecule has 45 heavy (non-hydrogen) atoms. The third-order valence-corrected chi connectivity index (χ3v) is 10.2. The molecule has 1 aliphatic rings. The molecule has 12 heteroatoms. The van der Waals surface area contributed by atoms with E-state index in [2.05, 4.69) is 32.5 Å². The normalized spacial score (nSPS) is 14.8. The Morgan fingerprint density at radius 2 is 1.78 bits per heavy atom. The van der Waals surface area contributed by atoms with Gasteiger partial charge >= 0.3 is 0 Å². The number of aryl methyl sites for hydroxylation is 1. The molecular formula is C33H33FIN5O4S. The van der Waals surface area contributed by atoms with Crippen LogP contribution >= 0.6 is 22.6 Å². The molecule has 1 unspecified atom stereocenters. The minimum atomic E-state index is -4.00. The van der Waals surface area contributed by atoms with Crippen molar-refractivity contribution in [3.8, 4) is 11.1 Å². The molecule has 0 radical (unpaired) electrons. The summed E-state index contributed by atoms with van der Waals surface area (Å²) < 4.78 is 51.3. The van der Waals surface area contributed by atoms with Crippen LogP contribution in [0.4, 0.5) is 10.1 Å². The van der Waals surface area contributed by atoms with Gasteiger partial charge in [-0.15, -0.1) is 0 Å². The Morgan fingerprint density at radius 1 is 1.04 bits per heavy atom. The lowest BCUT2D eigenvalue weighted by atomic mass is 10.0. The van der Waals surface area contributed by atoms with Gasteiger partial charge in [-0.2, -0.15) is 0 Å². The van der Waals surface area contributed by atoms with E-state index in [0.717, 1.165) is 14.8 Å². The van der Waals surface area contributed by atoms with E-state index in [1.54, 1.807) is 53.5 Å². The van der Waals surface area contributed by atoms with Crippen LogP contribution in [-0.4, -0.2) is 73.8 Å². The maximum Gasteiger partial charge on any atom is 0.269 e. The molecule has 9 nitrogen and oxygen atoms in total. The highest BCUT2D eigenvalue weighted by Gasteiger charge is 2.25. The molecule has 1 aliphatic heterocycles. The van der Waals surface area contributed by atoms with Gasteiger partial charge in [0, 0.05) is 52.6 Å². The average molecular weight is 742 g/mol. The van der Waals surface area contributed by atoms with Gasteiger partial charge in [-0.3, -0.25) is 4.79 Å². The first kappa shape index (κ1) is 31.4. The number of rotatable bonds is 8. The highest BCUT2D eigenvalue weighted by molar-refractivity contribution is 14.1. The van der Waals surface area contributed by atoms with Crippen LogP contribution in [0.3, 0.4) is 0 Å². The van der Waals surface area contributed by atoms with Gasteiger partial charge in [0.05, 0.1) is 36.0 Å². The summed E-state index contributed by atoms with van der Waals surface area (Å²) in [6, 6.07) is 16.2. The van der Waals surface area contributed by atoms with E-state index in [1.807, 2.05) is 38.1 Å². The Labute approximate surface area is 275 Å². The summed E-state index contributed by atoms with van der Waals surface area (Å²) in [5.74, 6) is -0.364. The van der Waals surface area contributed by atoms with Crippen molar-refractivity contribution in [1.29, 1.82) is 0 Å². The van der Waals surface area contributed by atoms with Crippen LogP contribution in [0.15, 0.2) is 88.9 Å². The summed E-state index contributed by atoms with van der Waals surface area (Å²) in [6.07, 6.45) is 4.92. The molecule has 2 aromatic carbocycles. The standard InChI is InChI=1S/C33H33FIN5O4S/c1-22-4-6-28(7-5-22)45(42,43)40-20-30(29-18-27(19-36-33(29)40)38-10-12-44-13-11-38)23-8-9-39(32(41)16-23)31(21-37(2)3)24-14-25(34)17-26(35)15-24/h4-9,14-20,31H,10-13,21H2,1-3H3. The fraction of sp³-hybridized carbons (Fsp3) is 0.273. The molecule has 0 bridgehead atoms. The van der Waals surface area contributed by atoms with E-state index in [9.17, 15) is 17.6 Å². The fourth-order valence-electron chi connectivity index (χ4n) is 5.68. The number of ether oxygens (including phenoxy) is 1. The first-order chi connectivity index (χ1) is 21.5. The van der Waals surface area contributed by atoms with Crippen molar-refractivity contribution in [2.45, 2.75) is 17.9 Å². The summed E-state index contributed by atoms with van der Waals surface area (Å²) in [4.78, 5) is 22.7. The van der Waals surface area contributed by atoms with Crippen LogP contribution in [0, 0.1) is 16.3 Å². The number of likely N-dealkylation sites (N-methyl/N-ethyl adjacent to an activating group) is 1. The topological polar surface area (TPSA) is 89.7 Å². The number of nitrogens with zero attached hydrogens (tertiary/aromatic N) is 5. The maximum absolute atomic E-state index is 14.4. The Bertz CT molecular complexity index is 2020. The number of benzene rings is 2. The SMILES string of the molecule is Cc1ccc(S(=O)(=O)n2cc(-c3ccn(C(CN(C)C)c4cc(F)cc(I)c4)c(=O)c3)c3cc(N4CCOCC4)cnc32)cc1. The van der Waals surface area contributed by atoms with E-state index < -0.39 is 16.1 Å². The molecule has 1 saturated heterocycles. The zero-order valence-electron chi connectivity index (χ0n) is 25.2. The zero-order chi connectivity index (χ0) is 31.9. The Hall–Kier alpha value is -3.59. The third kappa shape index (κ3) is 6.41. The van der Waals surface area contributed by atoms with E-state index in [0.29, 0.717) is 54.9 Å². The zero-order valence-corrected chi connectivity index (χ0v) is 28.1. The first-order valence-corrected chi connectivity index (χ1v) is 17.0. The number of halogens is 2. The summed E-state index contributed by atoms with van der Waals surface area (Å²) in [5, 5.41) is 0.608. The van der Waals surface area contributed by atoms with Gasteiger partial charge in [-0.05, 0) is 97.2 Å². The summed E-state index contributed by atoms with van der Waals surface area (Å²) in [6.45, 7) is 4.92. The lowest BCUT2D eigenvalue weighted by molar-refractivity contribution is 0.122. The number of morpholine rings is 1. The van der Waals surface area contributed by atoms with Crippen molar-refractivity contribution < 1.29 is 17.5 Å². The predicted molar refractivity (Wildman–Crippen MR) is 182 cm³/mol. The molecule has 1 atom stereocenters. The van der Waals surface area contributed by atoms with E-state index in [4.69, 9.17) is 4.74 Å². The predicted octanol–water partition coefficient (Wildman–Crippen LogP) is 5.14. The molecule has 6 rings (SSSR count). The van der Waals surface area contributed by atoms with Gasteiger partial charge in [0.15, 0.2) is 5.65 Å². The van der Waals surface area contributed by atoms with Crippen molar-refractivity contribution in [2.75, 3.05) is 51.8 Å². The monoisotopic (exact) mass is 741 g/mol. The Morgan fingerprint density at radius 3 is 2.44 bits per heavy atom. The van der Waals surface area contributed by atoms with Gasteiger partial charge < -0.3 is 19.1 Å². The molecule has 0 N–H and O–H groups in total. The second-order valence-corrected chi connectivity index (χ2v) is 14.5. The van der Waals surface area contributed by atoms with Crippen molar-refractivity contribution >= 4 is 49.3 Å². The summed E-state index contributed by atoms with van der Waals surface area (Å²) in [7, 11) is -0.197. The van der Waals surface area contributed by atoms with Crippen molar-refractivity contribution in [2.24, 2.45) is 0 Å². The maximum atomic E-state index is 14.4. The number of anilines is 1. The van der Waals surface area contributed by atoms with Crippen LogP contribution in [0.2, 0.25) is 0 Å². The number of fused-ring (bicyclic) bond motifs is 1. The molecule has 0 saturated carbocycles. The van der Waals surface area contributed by atoms with E-state index >= 15 is 0 Å². The van der Waals surface area contributed by atoms with Gasteiger partial charge in [0.25, 0.3) is 15.6 Å². The number of aromatic nitrogens is 3. The molecule has 0 spiro atoms. The minimum Gasteiger partial charge on any atom is -0.378 e. The third-order valence-electron chi connectivity index (χ3n) is 7.95. The van der Waals surface area contributed by atoms with Gasteiger partial charge in [0.1, 0.15) is 5.82 Å². The lowest BCUT2D eigenvalue weighted by Crippen LogP contribution is -2.36. The van der Waals surface area contributed by atoms with Crippen molar-refractivity contribution in [1.82, 2.24) is 18.4 Å². The number of pyridine rings is 2. The van der Waals surface area contributed by atoms with Crippen molar-refractivity contribution in [3.63, 3.8) is 0 Å². The van der Waals surface area contributed by atoms with E-state index in [-0.39, 0.29) is 21.9 Å². The lowest BCUT2D eigenvalue weighted by Gasteiger charge is -2.28. The number of hydrogen-bond donors (Lipinski definition) is 0. The van der Waals surface area contributed by atoms with Crippen LogP contribution in [-0.2, 0) is 14.8 Å². The van der Waals surface area contributed by atoms with Gasteiger partial charge in [-0.1, -0.05) is 17.7 Å². The second kappa shape index (κ2) is 12.7. The van der Waals surface area contributed by atoms with Crippen LogP contribution < -0.4 is 10.5 Å². The molecule has 234 valence electrons. The summed E-state index contributed by atoms with van der Waals surface area (Å²) >= 11 is 2.07. The highest BCUT2D eigenvalue weighted by Crippen LogP contribution is 2.34. The van der Waals surface area contributed by atoms with Crippen LogP contribution in [0.5, 0.6) is 0 Å². The average Bonchev–Trinajstić information content (AvgIpc) is 3.40. The molecule has 0 amide bonds. The van der Waals surface area contributed by atoms with Gasteiger partial charge in [-0.25, -0.2) is 21.8 Å². The molecule has 4 heterocycles. The first-order valence-electron chi connectivity index (χ1n) is 14.5. The van der Waals surface area contributed by atoms with Crippen LogP contribution in [0.25, 0.3) is 22.2 Å². The fourth-order valence-corrected chi connectivity index (χ4v) is 7.66. The highest BCUT2D eigenvalue weighted by atomic mass is 127. The Kier molecular flexibility index (Phi) is 8.83. The summed E-state index contributed by atoms with van der Waals surface area (Å²) in [5.41, 5.74) is 3.57. The molecule has 3 aromatic heterocycles. The van der Waals surface area contributed by atoms with E-state index in [1.165, 1.54) is 22.2 Å². The molecule has 0 aliphatic carbocycles. The molecular weight excluding hydrogens is 708 g/mol. The molecule has 5 aromatic rings. The second-order valence-electron chi connectivity index (χ2n) is 11.5. The van der Waals surface area contributed by atoms with Crippen LogP contribution in [0.1, 0.15) is 17.2 Å². The van der Waals surface area contributed by atoms with Gasteiger partial charge in [0.2, 0.25) is 0 Å².